The Morgan fingerprint density at radius 2 is 2.28 bits per heavy atom. The SMILES string of the molecule is CCCC(C)NCC(C)N1CCc2sccc2C1. The lowest BCUT2D eigenvalue weighted by Crippen LogP contribution is -2.44. The number of nitrogens with zero attached hydrogens (tertiary/aromatic N) is 1. The van der Waals surface area contributed by atoms with E-state index in [2.05, 4.69) is 42.4 Å². The first-order valence-electron chi connectivity index (χ1n) is 7.23. The Balaban J connectivity index is 1.78. The van der Waals surface area contributed by atoms with Crippen LogP contribution in [0.4, 0.5) is 0 Å². The van der Waals surface area contributed by atoms with E-state index in [0.717, 1.165) is 13.1 Å². The zero-order chi connectivity index (χ0) is 13.0. The molecule has 1 aromatic heterocycles. The van der Waals surface area contributed by atoms with E-state index in [9.17, 15) is 0 Å². The zero-order valence-electron chi connectivity index (χ0n) is 11.9. The molecule has 2 heterocycles. The van der Waals surface area contributed by atoms with Gasteiger partial charge in [-0.05, 0) is 43.7 Å². The van der Waals surface area contributed by atoms with Gasteiger partial charge in [0.1, 0.15) is 0 Å². The van der Waals surface area contributed by atoms with Crippen molar-refractivity contribution >= 4 is 11.3 Å². The molecule has 0 saturated carbocycles. The molecule has 102 valence electrons. The van der Waals surface area contributed by atoms with Crippen molar-refractivity contribution in [3.05, 3.63) is 21.9 Å². The van der Waals surface area contributed by atoms with Crippen molar-refractivity contribution < 1.29 is 0 Å². The Kier molecular flexibility index (Phi) is 5.22. The third-order valence-corrected chi connectivity index (χ3v) is 4.97. The van der Waals surface area contributed by atoms with E-state index >= 15 is 0 Å². The number of rotatable bonds is 6. The minimum absolute atomic E-state index is 0.636. The molecule has 0 amide bonds. The van der Waals surface area contributed by atoms with Crippen molar-refractivity contribution in [3.8, 4) is 0 Å². The monoisotopic (exact) mass is 266 g/mol. The predicted molar refractivity (Wildman–Crippen MR) is 80.3 cm³/mol. The van der Waals surface area contributed by atoms with Gasteiger partial charge < -0.3 is 5.32 Å². The molecular weight excluding hydrogens is 240 g/mol. The fraction of sp³-hybridized carbons (Fsp3) is 0.733. The summed E-state index contributed by atoms with van der Waals surface area (Å²) >= 11 is 1.92. The second-order valence-corrected chi connectivity index (χ2v) is 6.54. The Labute approximate surface area is 115 Å². The molecule has 1 N–H and O–H groups in total. The van der Waals surface area contributed by atoms with Crippen LogP contribution in [0.2, 0.25) is 0 Å². The van der Waals surface area contributed by atoms with Gasteiger partial charge in [-0.25, -0.2) is 0 Å². The molecule has 0 spiro atoms. The van der Waals surface area contributed by atoms with Crippen molar-refractivity contribution in [2.75, 3.05) is 13.1 Å². The van der Waals surface area contributed by atoms with Crippen LogP contribution in [0.5, 0.6) is 0 Å². The van der Waals surface area contributed by atoms with Crippen LogP contribution in [0.25, 0.3) is 0 Å². The number of fused-ring (bicyclic) bond motifs is 1. The fourth-order valence-electron chi connectivity index (χ4n) is 2.68. The summed E-state index contributed by atoms with van der Waals surface area (Å²) < 4.78 is 0. The third kappa shape index (κ3) is 3.56. The van der Waals surface area contributed by atoms with Gasteiger partial charge in [0.15, 0.2) is 0 Å². The standard InChI is InChI=1S/C15H26N2S/c1-4-5-12(2)16-10-13(3)17-8-6-15-14(11-17)7-9-18-15/h7,9,12-13,16H,4-6,8,10-11H2,1-3H3. The van der Waals surface area contributed by atoms with Gasteiger partial charge in [-0.15, -0.1) is 11.3 Å². The Morgan fingerprint density at radius 1 is 1.44 bits per heavy atom. The Bertz CT molecular complexity index is 361. The highest BCUT2D eigenvalue weighted by Crippen LogP contribution is 2.24. The summed E-state index contributed by atoms with van der Waals surface area (Å²) in [6, 6.07) is 3.59. The summed E-state index contributed by atoms with van der Waals surface area (Å²) in [6.45, 7) is 10.4. The van der Waals surface area contributed by atoms with Crippen molar-refractivity contribution in [3.63, 3.8) is 0 Å². The van der Waals surface area contributed by atoms with Crippen LogP contribution in [0.15, 0.2) is 11.4 Å². The van der Waals surface area contributed by atoms with E-state index in [-0.39, 0.29) is 0 Å². The average Bonchev–Trinajstić information content (AvgIpc) is 2.83. The largest absolute Gasteiger partial charge is 0.313 e. The molecule has 0 bridgehead atoms. The van der Waals surface area contributed by atoms with Gasteiger partial charge in [0.25, 0.3) is 0 Å². The van der Waals surface area contributed by atoms with Crippen LogP contribution < -0.4 is 5.32 Å². The average molecular weight is 266 g/mol. The summed E-state index contributed by atoms with van der Waals surface area (Å²) in [4.78, 5) is 4.21. The van der Waals surface area contributed by atoms with Crippen molar-refractivity contribution in [2.45, 2.75) is 58.7 Å². The lowest BCUT2D eigenvalue weighted by molar-refractivity contribution is 0.184. The first kappa shape index (κ1) is 14.0. The van der Waals surface area contributed by atoms with Gasteiger partial charge in [-0.3, -0.25) is 4.90 Å². The van der Waals surface area contributed by atoms with Gasteiger partial charge in [-0.2, -0.15) is 0 Å². The Morgan fingerprint density at radius 3 is 3.06 bits per heavy atom. The van der Waals surface area contributed by atoms with Gasteiger partial charge in [-0.1, -0.05) is 13.3 Å². The van der Waals surface area contributed by atoms with Crippen LogP contribution in [-0.2, 0) is 13.0 Å². The minimum Gasteiger partial charge on any atom is -0.313 e. The summed E-state index contributed by atoms with van der Waals surface area (Å²) in [7, 11) is 0. The second-order valence-electron chi connectivity index (χ2n) is 5.54. The summed E-state index contributed by atoms with van der Waals surface area (Å²) in [5.41, 5.74) is 1.56. The highest BCUT2D eigenvalue weighted by atomic mass is 32.1. The lowest BCUT2D eigenvalue weighted by Gasteiger charge is -2.33. The molecule has 0 fully saturated rings. The maximum atomic E-state index is 3.66. The van der Waals surface area contributed by atoms with E-state index in [4.69, 9.17) is 0 Å². The van der Waals surface area contributed by atoms with Crippen LogP contribution in [-0.4, -0.2) is 30.1 Å². The number of nitrogens with one attached hydrogen (secondary N) is 1. The highest BCUT2D eigenvalue weighted by molar-refractivity contribution is 7.10. The summed E-state index contributed by atoms with van der Waals surface area (Å²) in [5, 5.41) is 5.90. The highest BCUT2D eigenvalue weighted by Gasteiger charge is 2.21. The molecule has 2 rings (SSSR count). The van der Waals surface area contributed by atoms with Gasteiger partial charge in [0, 0.05) is 36.6 Å². The minimum atomic E-state index is 0.636. The van der Waals surface area contributed by atoms with Crippen LogP contribution in [0, 0.1) is 0 Å². The second kappa shape index (κ2) is 6.69. The third-order valence-electron chi connectivity index (χ3n) is 3.94. The number of hydrogen-bond acceptors (Lipinski definition) is 3. The van der Waals surface area contributed by atoms with E-state index in [1.807, 2.05) is 11.3 Å². The maximum absolute atomic E-state index is 3.66. The fourth-order valence-corrected chi connectivity index (χ4v) is 3.57. The van der Waals surface area contributed by atoms with E-state index < -0.39 is 0 Å². The lowest BCUT2D eigenvalue weighted by atomic mass is 10.1. The normalized spacial score (nSPS) is 19.5. The van der Waals surface area contributed by atoms with Crippen LogP contribution in [0.3, 0.4) is 0 Å². The molecular formula is C15H26N2S. The molecule has 0 radical (unpaired) electrons. The molecule has 1 aliphatic heterocycles. The van der Waals surface area contributed by atoms with Crippen LogP contribution >= 0.6 is 11.3 Å². The summed E-state index contributed by atoms with van der Waals surface area (Å²) in [5.74, 6) is 0. The molecule has 0 saturated heterocycles. The van der Waals surface area contributed by atoms with Crippen molar-refractivity contribution in [2.24, 2.45) is 0 Å². The van der Waals surface area contributed by atoms with Crippen LogP contribution in [0.1, 0.15) is 44.1 Å². The van der Waals surface area contributed by atoms with Crippen molar-refractivity contribution in [1.82, 2.24) is 10.2 Å². The molecule has 1 aromatic rings. The molecule has 1 aliphatic rings. The molecule has 2 atom stereocenters. The van der Waals surface area contributed by atoms with E-state index in [0.29, 0.717) is 12.1 Å². The first-order chi connectivity index (χ1) is 8.70. The molecule has 0 aromatic carbocycles. The first-order valence-corrected chi connectivity index (χ1v) is 8.11. The molecule has 0 aliphatic carbocycles. The molecule has 3 heteroatoms. The Hall–Kier alpha value is -0.380. The van der Waals surface area contributed by atoms with Crippen molar-refractivity contribution in [1.29, 1.82) is 0 Å². The molecule has 2 unspecified atom stereocenters. The summed E-state index contributed by atoms with van der Waals surface area (Å²) in [6.07, 6.45) is 3.79. The van der Waals surface area contributed by atoms with Gasteiger partial charge in [0.2, 0.25) is 0 Å². The topological polar surface area (TPSA) is 15.3 Å². The molecule has 2 nitrogen and oxygen atoms in total. The predicted octanol–water partition coefficient (Wildman–Crippen LogP) is 3.27. The number of thiophene rings is 1. The zero-order valence-corrected chi connectivity index (χ0v) is 12.7. The van der Waals surface area contributed by atoms with E-state index in [1.165, 1.54) is 25.8 Å². The maximum Gasteiger partial charge on any atom is 0.0248 e. The number of hydrogen-bond donors (Lipinski definition) is 1. The smallest absolute Gasteiger partial charge is 0.0248 e. The van der Waals surface area contributed by atoms with Gasteiger partial charge >= 0.3 is 0 Å². The van der Waals surface area contributed by atoms with E-state index in [1.54, 1.807) is 10.4 Å². The quantitative estimate of drug-likeness (QED) is 0.850. The van der Waals surface area contributed by atoms with Gasteiger partial charge in [0.05, 0.1) is 0 Å². The molecule has 18 heavy (non-hydrogen) atoms.